The van der Waals surface area contributed by atoms with Crippen LogP contribution in [-0.2, 0) is 0 Å². The molecule has 108 valence electrons. The molecule has 0 spiro atoms. The summed E-state index contributed by atoms with van der Waals surface area (Å²) in [5.74, 6) is 0.906. The number of benzene rings is 1. The van der Waals surface area contributed by atoms with Gasteiger partial charge in [-0.2, -0.15) is 0 Å². The zero-order valence-electron chi connectivity index (χ0n) is 12.3. The molecule has 1 aromatic carbocycles. The highest BCUT2D eigenvalue weighted by atomic mass is 32.1. The SMILES string of the molecule is CC(=O)c1ccc(C=Cc2cc(C3CCCC3)cs2)cc1. The second kappa shape index (κ2) is 6.40. The summed E-state index contributed by atoms with van der Waals surface area (Å²) in [5, 5.41) is 2.31. The number of thiophene rings is 1. The van der Waals surface area contributed by atoms with Gasteiger partial charge in [0.05, 0.1) is 0 Å². The maximum atomic E-state index is 11.2. The van der Waals surface area contributed by atoms with Crippen LogP contribution in [0.4, 0.5) is 0 Å². The van der Waals surface area contributed by atoms with Gasteiger partial charge in [0.2, 0.25) is 0 Å². The van der Waals surface area contributed by atoms with Crippen molar-refractivity contribution >= 4 is 29.3 Å². The molecule has 3 rings (SSSR count). The molecule has 0 amide bonds. The summed E-state index contributed by atoms with van der Waals surface area (Å²) in [4.78, 5) is 12.6. The van der Waals surface area contributed by atoms with E-state index in [1.54, 1.807) is 6.92 Å². The summed E-state index contributed by atoms with van der Waals surface area (Å²) in [5.41, 5.74) is 3.42. The summed E-state index contributed by atoms with van der Waals surface area (Å²) in [6.07, 6.45) is 9.77. The average Bonchev–Trinajstić information content (AvgIpc) is 3.16. The Morgan fingerprint density at radius 3 is 2.52 bits per heavy atom. The van der Waals surface area contributed by atoms with Crippen molar-refractivity contribution < 1.29 is 4.79 Å². The molecule has 2 aromatic rings. The minimum Gasteiger partial charge on any atom is -0.295 e. The Morgan fingerprint density at radius 2 is 1.86 bits per heavy atom. The zero-order valence-corrected chi connectivity index (χ0v) is 13.2. The Bertz CT molecular complexity index is 642. The van der Waals surface area contributed by atoms with Crippen LogP contribution in [0.15, 0.2) is 35.7 Å². The minimum atomic E-state index is 0.116. The second-order valence-corrected chi connectivity index (χ2v) is 6.72. The van der Waals surface area contributed by atoms with Crippen LogP contribution in [0.2, 0.25) is 0 Å². The first-order valence-electron chi connectivity index (χ1n) is 7.60. The molecule has 0 radical (unpaired) electrons. The Labute approximate surface area is 130 Å². The summed E-state index contributed by atoms with van der Waals surface area (Å²) >= 11 is 1.82. The van der Waals surface area contributed by atoms with Crippen molar-refractivity contribution in [2.45, 2.75) is 38.5 Å². The van der Waals surface area contributed by atoms with Crippen molar-refractivity contribution in [2.75, 3.05) is 0 Å². The van der Waals surface area contributed by atoms with Gasteiger partial charge < -0.3 is 0 Å². The lowest BCUT2D eigenvalue weighted by molar-refractivity contribution is 0.101. The van der Waals surface area contributed by atoms with Gasteiger partial charge in [-0.05, 0) is 54.3 Å². The van der Waals surface area contributed by atoms with E-state index in [1.807, 2.05) is 35.6 Å². The van der Waals surface area contributed by atoms with Gasteiger partial charge in [0, 0.05) is 10.4 Å². The number of hydrogen-bond donors (Lipinski definition) is 0. The van der Waals surface area contributed by atoms with Crippen LogP contribution in [0.5, 0.6) is 0 Å². The van der Waals surface area contributed by atoms with Gasteiger partial charge in [-0.25, -0.2) is 0 Å². The van der Waals surface area contributed by atoms with Crippen LogP contribution in [0, 0.1) is 0 Å². The van der Waals surface area contributed by atoms with Gasteiger partial charge in [-0.15, -0.1) is 11.3 Å². The molecular formula is C19H20OS. The van der Waals surface area contributed by atoms with E-state index in [9.17, 15) is 4.79 Å². The van der Waals surface area contributed by atoms with E-state index in [1.165, 1.54) is 36.1 Å². The fraction of sp³-hybridized carbons (Fsp3) is 0.316. The van der Waals surface area contributed by atoms with Gasteiger partial charge in [0.15, 0.2) is 5.78 Å². The number of hydrogen-bond acceptors (Lipinski definition) is 2. The highest BCUT2D eigenvalue weighted by Crippen LogP contribution is 2.36. The molecule has 1 fully saturated rings. The first kappa shape index (κ1) is 14.3. The van der Waals surface area contributed by atoms with Crippen molar-refractivity contribution in [2.24, 2.45) is 0 Å². The normalized spacial score (nSPS) is 15.9. The molecule has 0 aliphatic heterocycles. The van der Waals surface area contributed by atoms with Crippen molar-refractivity contribution in [3.8, 4) is 0 Å². The van der Waals surface area contributed by atoms with Gasteiger partial charge in [0.25, 0.3) is 0 Å². The molecule has 1 aliphatic carbocycles. The largest absolute Gasteiger partial charge is 0.295 e. The standard InChI is InChI=1S/C19H20OS/c1-14(20)16-9-6-15(7-10-16)8-11-19-12-18(13-21-19)17-4-2-3-5-17/h6-13,17H,2-5H2,1H3. The van der Waals surface area contributed by atoms with E-state index in [0.717, 1.165) is 17.0 Å². The quantitative estimate of drug-likeness (QED) is 0.654. The fourth-order valence-corrected chi connectivity index (χ4v) is 3.82. The fourth-order valence-electron chi connectivity index (χ4n) is 2.94. The van der Waals surface area contributed by atoms with Crippen molar-refractivity contribution in [3.05, 3.63) is 57.3 Å². The minimum absolute atomic E-state index is 0.116. The van der Waals surface area contributed by atoms with Crippen molar-refractivity contribution in [1.82, 2.24) is 0 Å². The van der Waals surface area contributed by atoms with Crippen LogP contribution in [0.25, 0.3) is 12.2 Å². The molecule has 0 saturated heterocycles. The molecular weight excluding hydrogens is 276 g/mol. The monoisotopic (exact) mass is 296 g/mol. The van der Waals surface area contributed by atoms with Gasteiger partial charge in [0.1, 0.15) is 0 Å². The van der Waals surface area contributed by atoms with E-state index >= 15 is 0 Å². The number of Topliss-reactive ketones (excluding diaryl/α,β-unsaturated/α-hetero) is 1. The van der Waals surface area contributed by atoms with E-state index in [-0.39, 0.29) is 5.78 Å². The van der Waals surface area contributed by atoms with Crippen LogP contribution in [0.1, 0.15) is 64.9 Å². The van der Waals surface area contributed by atoms with Crippen LogP contribution < -0.4 is 0 Å². The smallest absolute Gasteiger partial charge is 0.159 e. The lowest BCUT2D eigenvalue weighted by Gasteiger charge is -2.04. The molecule has 1 nitrogen and oxygen atoms in total. The maximum Gasteiger partial charge on any atom is 0.159 e. The summed E-state index contributed by atoms with van der Waals surface area (Å²) in [7, 11) is 0. The lowest BCUT2D eigenvalue weighted by atomic mass is 10.0. The van der Waals surface area contributed by atoms with E-state index in [2.05, 4.69) is 23.6 Å². The predicted octanol–water partition coefficient (Wildman–Crippen LogP) is 5.78. The average molecular weight is 296 g/mol. The molecule has 1 heterocycles. The van der Waals surface area contributed by atoms with Crippen molar-refractivity contribution in [1.29, 1.82) is 0 Å². The molecule has 1 aliphatic rings. The maximum absolute atomic E-state index is 11.2. The highest BCUT2D eigenvalue weighted by Gasteiger charge is 2.17. The van der Waals surface area contributed by atoms with Crippen LogP contribution >= 0.6 is 11.3 Å². The van der Waals surface area contributed by atoms with E-state index in [4.69, 9.17) is 0 Å². The topological polar surface area (TPSA) is 17.1 Å². The summed E-state index contributed by atoms with van der Waals surface area (Å²) in [6.45, 7) is 1.60. The molecule has 2 heteroatoms. The third-order valence-electron chi connectivity index (χ3n) is 4.22. The van der Waals surface area contributed by atoms with Gasteiger partial charge in [-0.1, -0.05) is 43.2 Å². The Hall–Kier alpha value is -1.67. The molecule has 0 unspecified atom stereocenters. The summed E-state index contributed by atoms with van der Waals surface area (Å²) in [6, 6.07) is 10.1. The first-order chi connectivity index (χ1) is 10.2. The lowest BCUT2D eigenvalue weighted by Crippen LogP contribution is -1.90. The molecule has 0 atom stereocenters. The van der Waals surface area contributed by atoms with Crippen LogP contribution in [-0.4, -0.2) is 5.78 Å². The number of ketones is 1. The first-order valence-corrected chi connectivity index (χ1v) is 8.48. The predicted molar refractivity (Wildman–Crippen MR) is 90.9 cm³/mol. The number of carbonyl (C=O) groups is 1. The summed E-state index contributed by atoms with van der Waals surface area (Å²) < 4.78 is 0. The second-order valence-electron chi connectivity index (χ2n) is 5.78. The third-order valence-corrected chi connectivity index (χ3v) is 5.14. The van der Waals surface area contributed by atoms with Crippen molar-refractivity contribution in [3.63, 3.8) is 0 Å². The number of rotatable bonds is 4. The number of carbonyl (C=O) groups excluding carboxylic acids is 1. The van der Waals surface area contributed by atoms with Gasteiger partial charge in [-0.3, -0.25) is 4.79 Å². The van der Waals surface area contributed by atoms with Gasteiger partial charge >= 0.3 is 0 Å². The highest BCUT2D eigenvalue weighted by molar-refractivity contribution is 7.11. The Balaban J connectivity index is 1.69. The van der Waals surface area contributed by atoms with E-state index in [0.29, 0.717) is 0 Å². The Kier molecular flexibility index (Phi) is 4.35. The Morgan fingerprint density at radius 1 is 1.14 bits per heavy atom. The molecule has 1 aromatic heterocycles. The molecule has 21 heavy (non-hydrogen) atoms. The molecule has 0 bridgehead atoms. The van der Waals surface area contributed by atoms with Crippen LogP contribution in [0.3, 0.4) is 0 Å². The molecule has 0 N–H and O–H groups in total. The third kappa shape index (κ3) is 3.51. The zero-order chi connectivity index (χ0) is 14.7. The molecule has 1 saturated carbocycles. The van der Waals surface area contributed by atoms with E-state index < -0.39 is 0 Å².